The fourth-order valence-corrected chi connectivity index (χ4v) is 6.89. The summed E-state index contributed by atoms with van der Waals surface area (Å²) in [6, 6.07) is 23.4. The van der Waals surface area contributed by atoms with Gasteiger partial charge in [-0.1, -0.05) is 150 Å². The monoisotopic (exact) mass is 544 g/mol. The van der Waals surface area contributed by atoms with Gasteiger partial charge >= 0.3 is 0 Å². The molecule has 3 heteroatoms. The van der Waals surface area contributed by atoms with Crippen LogP contribution in [0.5, 0.6) is 5.75 Å². The van der Waals surface area contributed by atoms with E-state index in [2.05, 4.69) is 104 Å². The van der Waals surface area contributed by atoms with Gasteiger partial charge in [0.2, 0.25) is 0 Å². The van der Waals surface area contributed by atoms with Crippen molar-refractivity contribution in [3.63, 3.8) is 0 Å². The number of ketones is 1. The van der Waals surface area contributed by atoms with E-state index in [-0.39, 0.29) is 21.8 Å². The van der Waals surface area contributed by atoms with E-state index >= 15 is 0 Å². The first-order valence-electron chi connectivity index (χ1n) is 14.5. The first-order chi connectivity index (χ1) is 18.3. The highest BCUT2D eigenvalue weighted by Gasteiger charge is 2.36. The molecule has 0 N–H and O–H groups in total. The van der Waals surface area contributed by atoms with Gasteiger partial charge in [0.25, 0.3) is 0 Å². The molecule has 0 bridgehead atoms. The predicted molar refractivity (Wildman–Crippen MR) is 171 cm³/mol. The lowest BCUT2D eigenvalue weighted by atomic mass is 9.76. The summed E-state index contributed by atoms with van der Waals surface area (Å²) in [7, 11) is 0.455. The largest absolute Gasteiger partial charge is 0.488 e. The maximum Gasteiger partial charge on any atom is 0.160 e. The molecular formula is C36H49O2P. The Morgan fingerprint density at radius 2 is 1.41 bits per heavy atom. The van der Waals surface area contributed by atoms with Gasteiger partial charge in [0.1, 0.15) is 12.4 Å². The zero-order valence-electron chi connectivity index (χ0n) is 25.7. The van der Waals surface area contributed by atoms with Gasteiger partial charge in [0, 0.05) is 21.8 Å². The Morgan fingerprint density at radius 3 is 2.00 bits per heavy atom. The lowest BCUT2D eigenvalue weighted by Crippen LogP contribution is -2.26. The summed E-state index contributed by atoms with van der Waals surface area (Å²) in [6.45, 7) is 20.6. The first kappa shape index (κ1) is 31.1. The number of ether oxygens (including phenoxy) is 1. The van der Waals surface area contributed by atoms with Crippen molar-refractivity contribution in [3.05, 3.63) is 94.5 Å². The minimum atomic E-state index is -0.173. The van der Waals surface area contributed by atoms with Crippen LogP contribution in [0.1, 0.15) is 121 Å². The van der Waals surface area contributed by atoms with Crippen molar-refractivity contribution in [2.75, 3.05) is 0 Å². The van der Waals surface area contributed by atoms with Crippen molar-refractivity contribution in [1.29, 1.82) is 0 Å². The molecule has 2 atom stereocenters. The van der Waals surface area contributed by atoms with E-state index < -0.39 is 0 Å². The first-order valence-corrected chi connectivity index (χ1v) is 15.5. The van der Waals surface area contributed by atoms with Gasteiger partial charge in [-0.05, 0) is 40.6 Å². The molecule has 0 aliphatic carbocycles. The zero-order valence-corrected chi connectivity index (χ0v) is 26.7. The van der Waals surface area contributed by atoms with E-state index in [9.17, 15) is 4.79 Å². The van der Waals surface area contributed by atoms with Crippen LogP contribution in [0.15, 0.2) is 66.7 Å². The smallest absolute Gasteiger partial charge is 0.160 e. The van der Waals surface area contributed by atoms with Crippen LogP contribution in [0.25, 0.3) is 0 Å². The van der Waals surface area contributed by atoms with Gasteiger partial charge in [-0.2, -0.15) is 0 Å². The minimum Gasteiger partial charge on any atom is -0.488 e. The average molecular weight is 545 g/mol. The average Bonchev–Trinajstić information content (AvgIpc) is 2.87. The van der Waals surface area contributed by atoms with E-state index in [4.69, 9.17) is 4.74 Å². The second-order valence-corrected chi connectivity index (χ2v) is 15.1. The maximum absolute atomic E-state index is 12.6. The number of hydrogen-bond acceptors (Lipinski definition) is 2. The van der Waals surface area contributed by atoms with Crippen molar-refractivity contribution in [1.82, 2.24) is 0 Å². The molecule has 0 aromatic heterocycles. The number of benzene rings is 3. The molecule has 0 saturated heterocycles. The summed E-state index contributed by atoms with van der Waals surface area (Å²) in [4.78, 5) is 12.6. The molecule has 0 heterocycles. The summed E-state index contributed by atoms with van der Waals surface area (Å²) >= 11 is 0. The lowest BCUT2D eigenvalue weighted by Gasteiger charge is -2.37. The van der Waals surface area contributed by atoms with E-state index in [1.165, 1.54) is 35.1 Å². The highest BCUT2D eigenvalue weighted by atomic mass is 31.1. The Hall–Kier alpha value is -2.44. The van der Waals surface area contributed by atoms with E-state index in [1.807, 2.05) is 18.2 Å². The predicted octanol–water partition coefficient (Wildman–Crippen LogP) is 9.86. The van der Waals surface area contributed by atoms with Crippen LogP contribution in [-0.2, 0) is 22.6 Å². The van der Waals surface area contributed by atoms with Crippen molar-refractivity contribution in [2.24, 2.45) is 0 Å². The van der Waals surface area contributed by atoms with Crippen LogP contribution in [0.3, 0.4) is 0 Å². The molecule has 2 unspecified atom stereocenters. The molecule has 2 nitrogen and oxygen atoms in total. The third-order valence-electron chi connectivity index (χ3n) is 7.58. The molecule has 210 valence electrons. The normalized spacial score (nSPS) is 14.0. The standard InChI is InChI=1S/C36H49O2P/c1-10-11-17-22-36(9,39-32-21-16-15-20-29(32)26(2)37)31-24-28(34(3,4)5)23-30(35(6,7)8)33(31)38-25-27-18-13-12-14-19-27/h12-16,18-21,23-24,39H,10-11,17,22,25H2,1-9H3. The molecule has 3 aromatic rings. The number of carbonyl (C=O) groups is 1. The van der Waals surface area contributed by atoms with Gasteiger partial charge in [-0.3, -0.25) is 4.79 Å². The fourth-order valence-electron chi connectivity index (χ4n) is 5.10. The van der Waals surface area contributed by atoms with Crippen molar-refractivity contribution < 1.29 is 9.53 Å². The summed E-state index contributed by atoms with van der Waals surface area (Å²) in [6.07, 6.45) is 4.56. The molecule has 0 radical (unpaired) electrons. The van der Waals surface area contributed by atoms with Crippen molar-refractivity contribution in [2.45, 2.75) is 111 Å². The molecule has 3 rings (SSSR count). The molecule has 39 heavy (non-hydrogen) atoms. The highest BCUT2D eigenvalue weighted by Crippen LogP contribution is 2.52. The van der Waals surface area contributed by atoms with Crippen LogP contribution >= 0.6 is 8.58 Å². The zero-order chi connectivity index (χ0) is 28.8. The summed E-state index contributed by atoms with van der Waals surface area (Å²) < 4.78 is 6.85. The van der Waals surface area contributed by atoms with Crippen molar-refractivity contribution >= 4 is 19.7 Å². The number of unbranched alkanes of at least 4 members (excludes halogenated alkanes) is 2. The van der Waals surface area contributed by atoms with E-state index in [1.54, 1.807) is 6.92 Å². The Balaban J connectivity index is 2.28. The second kappa shape index (κ2) is 12.8. The molecular weight excluding hydrogens is 495 g/mol. The van der Waals surface area contributed by atoms with E-state index in [0.29, 0.717) is 15.2 Å². The third kappa shape index (κ3) is 8.04. The highest BCUT2D eigenvalue weighted by molar-refractivity contribution is 7.48. The van der Waals surface area contributed by atoms with Gasteiger partial charge < -0.3 is 4.74 Å². The fraction of sp³-hybridized carbons (Fsp3) is 0.472. The van der Waals surface area contributed by atoms with Gasteiger partial charge in [0.15, 0.2) is 5.78 Å². The number of carbonyl (C=O) groups excluding carboxylic acids is 1. The summed E-state index contributed by atoms with van der Waals surface area (Å²) in [5, 5.41) is 0.977. The molecule has 0 fully saturated rings. The molecule has 0 spiro atoms. The summed E-state index contributed by atoms with van der Waals surface area (Å²) in [5.74, 6) is 1.15. The molecule has 0 saturated carbocycles. The molecule has 3 aromatic carbocycles. The van der Waals surface area contributed by atoms with E-state index in [0.717, 1.165) is 29.5 Å². The molecule has 0 aliphatic heterocycles. The Labute approximate surface area is 239 Å². The number of rotatable bonds is 11. The maximum atomic E-state index is 12.6. The van der Waals surface area contributed by atoms with Crippen LogP contribution in [-0.4, -0.2) is 5.78 Å². The topological polar surface area (TPSA) is 26.3 Å². The quantitative estimate of drug-likeness (QED) is 0.136. The lowest BCUT2D eigenvalue weighted by molar-refractivity contribution is 0.101. The van der Waals surface area contributed by atoms with Crippen LogP contribution < -0.4 is 10.0 Å². The molecule has 0 aliphatic rings. The number of hydrogen-bond donors (Lipinski definition) is 0. The van der Waals surface area contributed by atoms with Gasteiger partial charge in [0.05, 0.1) is 0 Å². The van der Waals surface area contributed by atoms with Gasteiger partial charge in [-0.15, -0.1) is 0 Å². The van der Waals surface area contributed by atoms with Crippen LogP contribution in [0, 0.1) is 0 Å². The Morgan fingerprint density at radius 1 is 0.795 bits per heavy atom. The van der Waals surface area contributed by atoms with Crippen LogP contribution in [0.4, 0.5) is 0 Å². The van der Waals surface area contributed by atoms with Crippen LogP contribution in [0.2, 0.25) is 0 Å². The minimum absolute atomic E-state index is 0.00254. The second-order valence-electron chi connectivity index (χ2n) is 13.2. The Kier molecular flexibility index (Phi) is 10.2. The Bertz CT molecular complexity index is 1250. The molecule has 0 amide bonds. The summed E-state index contributed by atoms with van der Waals surface area (Å²) in [5.41, 5.74) is 5.79. The van der Waals surface area contributed by atoms with Gasteiger partial charge in [-0.25, -0.2) is 0 Å². The SMILES string of the molecule is CCCCCC(C)(Pc1ccccc1C(C)=O)c1cc(C(C)(C)C)cc(C(C)(C)C)c1OCc1ccccc1. The van der Waals surface area contributed by atoms with Crippen molar-refractivity contribution in [3.8, 4) is 5.75 Å². The number of Topliss-reactive ketones (excluding diaryl/α,β-unsaturated/α-hetero) is 1. The third-order valence-corrected chi connectivity index (χ3v) is 9.36.